The molecule has 0 aliphatic carbocycles. The summed E-state index contributed by atoms with van der Waals surface area (Å²) in [6, 6.07) is 1.99. The van der Waals surface area contributed by atoms with Gasteiger partial charge in [0.05, 0.1) is 5.69 Å². The van der Waals surface area contributed by atoms with Gasteiger partial charge in [0.15, 0.2) is 0 Å². The van der Waals surface area contributed by atoms with Crippen molar-refractivity contribution in [3.63, 3.8) is 0 Å². The lowest BCUT2D eigenvalue weighted by Gasteiger charge is -1.96. The molecule has 0 N–H and O–H groups in total. The van der Waals surface area contributed by atoms with Crippen LogP contribution in [0.2, 0.25) is 0 Å². The summed E-state index contributed by atoms with van der Waals surface area (Å²) in [6.45, 7) is 10.3. The number of hydrogen-bond donors (Lipinski definition) is 0. The Morgan fingerprint density at radius 3 is 2.33 bits per heavy atom. The third-order valence-electron chi connectivity index (χ3n) is 1.29. The fraction of sp³-hybridized carbons (Fsp3) is 0.700. The third kappa shape index (κ3) is 4.16. The van der Waals surface area contributed by atoms with E-state index in [1.54, 1.807) is 0 Å². The van der Waals surface area contributed by atoms with E-state index in [2.05, 4.69) is 19.0 Å². The minimum absolute atomic E-state index is 0.657. The zero-order valence-electron chi connectivity index (χ0n) is 8.72. The molecule has 1 aromatic rings. The highest BCUT2D eigenvalue weighted by Crippen LogP contribution is 2.07. The number of aromatic nitrogens is 1. The van der Waals surface area contributed by atoms with Crippen molar-refractivity contribution in [3.8, 4) is 0 Å². The van der Waals surface area contributed by atoms with Crippen molar-refractivity contribution in [1.82, 2.24) is 5.16 Å². The predicted molar refractivity (Wildman–Crippen MR) is 51.1 cm³/mol. The first-order valence-corrected chi connectivity index (χ1v) is 4.60. The highest BCUT2D eigenvalue weighted by atomic mass is 16.5. The summed E-state index contributed by atoms with van der Waals surface area (Å²) >= 11 is 0. The molecule has 2 heteroatoms. The van der Waals surface area contributed by atoms with E-state index < -0.39 is 0 Å². The van der Waals surface area contributed by atoms with Gasteiger partial charge in [-0.25, -0.2) is 0 Å². The molecule has 0 aliphatic rings. The van der Waals surface area contributed by atoms with E-state index in [1.807, 2.05) is 26.8 Å². The molecule has 1 rings (SSSR count). The first-order valence-electron chi connectivity index (χ1n) is 4.60. The first kappa shape index (κ1) is 11.2. The maximum Gasteiger partial charge on any atom is 0.133 e. The molecule has 1 aromatic heterocycles. The first-order chi connectivity index (χ1) is 5.68. The smallest absolute Gasteiger partial charge is 0.133 e. The quantitative estimate of drug-likeness (QED) is 0.679. The molecular weight excluding hydrogens is 150 g/mol. The zero-order valence-corrected chi connectivity index (χ0v) is 8.72. The van der Waals surface area contributed by atoms with Crippen LogP contribution in [0.1, 0.15) is 39.1 Å². The number of rotatable bonds is 2. The summed E-state index contributed by atoms with van der Waals surface area (Å²) in [7, 11) is 0. The van der Waals surface area contributed by atoms with Gasteiger partial charge in [-0.05, 0) is 19.3 Å². The van der Waals surface area contributed by atoms with Gasteiger partial charge in [-0.1, -0.05) is 32.9 Å². The lowest BCUT2D eigenvalue weighted by Crippen LogP contribution is -1.92. The lowest BCUT2D eigenvalue weighted by molar-refractivity contribution is 0.387. The van der Waals surface area contributed by atoms with Gasteiger partial charge in [0, 0.05) is 6.07 Å². The second kappa shape index (κ2) is 5.81. The maximum absolute atomic E-state index is 4.92. The topological polar surface area (TPSA) is 26.0 Å². The van der Waals surface area contributed by atoms with Crippen molar-refractivity contribution in [2.24, 2.45) is 5.92 Å². The molecule has 0 unspecified atom stereocenters. The molecule has 2 nitrogen and oxygen atoms in total. The summed E-state index contributed by atoms with van der Waals surface area (Å²) < 4.78 is 4.92. The monoisotopic (exact) mass is 169 g/mol. The number of nitrogens with zero attached hydrogens (tertiary/aromatic N) is 1. The van der Waals surface area contributed by atoms with Crippen LogP contribution < -0.4 is 0 Å². The Morgan fingerprint density at radius 2 is 2.00 bits per heavy atom. The van der Waals surface area contributed by atoms with Crippen LogP contribution in [0.5, 0.6) is 0 Å². The highest BCUT2D eigenvalue weighted by Gasteiger charge is 2.01. The molecule has 0 fully saturated rings. The molecular formula is C10H19NO. The Balaban J connectivity index is 0.000000561. The van der Waals surface area contributed by atoms with Gasteiger partial charge in [-0.15, -0.1) is 0 Å². The molecule has 70 valence electrons. The molecule has 12 heavy (non-hydrogen) atoms. The van der Waals surface area contributed by atoms with Crippen molar-refractivity contribution in [1.29, 1.82) is 0 Å². The summed E-state index contributed by atoms with van der Waals surface area (Å²) in [5, 5.41) is 3.88. The van der Waals surface area contributed by atoms with E-state index >= 15 is 0 Å². The van der Waals surface area contributed by atoms with E-state index in [4.69, 9.17) is 4.52 Å². The molecule has 0 aromatic carbocycles. The van der Waals surface area contributed by atoms with Gasteiger partial charge in [0.2, 0.25) is 0 Å². The Labute approximate surface area is 75.0 Å². The fourth-order valence-corrected chi connectivity index (χ4v) is 0.932. The zero-order chi connectivity index (χ0) is 9.56. The standard InChI is InChI=1S/C8H13NO.C2H6/c1-6(2)4-8-5-7(3)10-9-8;1-2/h5-6H,4H2,1-3H3;1-2H3. The summed E-state index contributed by atoms with van der Waals surface area (Å²) in [6.07, 6.45) is 1.01. The van der Waals surface area contributed by atoms with Gasteiger partial charge in [-0.3, -0.25) is 0 Å². The van der Waals surface area contributed by atoms with Crippen LogP contribution in [0.4, 0.5) is 0 Å². The van der Waals surface area contributed by atoms with Crippen LogP contribution in [-0.4, -0.2) is 5.16 Å². The largest absolute Gasteiger partial charge is 0.361 e. The third-order valence-corrected chi connectivity index (χ3v) is 1.29. The normalized spacial score (nSPS) is 9.50. The molecule has 0 saturated carbocycles. The second-order valence-electron chi connectivity index (χ2n) is 3.03. The number of hydrogen-bond acceptors (Lipinski definition) is 2. The van der Waals surface area contributed by atoms with Crippen LogP contribution in [-0.2, 0) is 6.42 Å². The minimum Gasteiger partial charge on any atom is -0.361 e. The van der Waals surface area contributed by atoms with Gasteiger partial charge >= 0.3 is 0 Å². The van der Waals surface area contributed by atoms with Crippen LogP contribution >= 0.6 is 0 Å². The van der Waals surface area contributed by atoms with Crippen LogP contribution in [0.25, 0.3) is 0 Å². The molecule has 0 spiro atoms. The molecule has 0 amide bonds. The van der Waals surface area contributed by atoms with Crippen LogP contribution in [0.15, 0.2) is 10.6 Å². The van der Waals surface area contributed by atoms with Crippen molar-refractivity contribution >= 4 is 0 Å². The Morgan fingerprint density at radius 1 is 1.42 bits per heavy atom. The molecule has 0 aliphatic heterocycles. The van der Waals surface area contributed by atoms with Gasteiger partial charge in [-0.2, -0.15) is 0 Å². The maximum atomic E-state index is 4.92. The highest BCUT2D eigenvalue weighted by molar-refractivity contribution is 5.03. The van der Waals surface area contributed by atoms with E-state index in [9.17, 15) is 0 Å². The summed E-state index contributed by atoms with van der Waals surface area (Å²) in [5.41, 5.74) is 1.06. The van der Waals surface area contributed by atoms with E-state index in [-0.39, 0.29) is 0 Å². The summed E-state index contributed by atoms with van der Waals surface area (Å²) in [4.78, 5) is 0. The Hall–Kier alpha value is -0.790. The second-order valence-corrected chi connectivity index (χ2v) is 3.03. The van der Waals surface area contributed by atoms with Crippen LogP contribution in [0, 0.1) is 12.8 Å². The fourth-order valence-electron chi connectivity index (χ4n) is 0.932. The molecule has 0 radical (unpaired) electrons. The van der Waals surface area contributed by atoms with Gasteiger partial charge < -0.3 is 4.52 Å². The van der Waals surface area contributed by atoms with Crippen molar-refractivity contribution in [2.45, 2.75) is 41.0 Å². The lowest BCUT2D eigenvalue weighted by atomic mass is 10.1. The average Bonchev–Trinajstić information content (AvgIpc) is 2.39. The average molecular weight is 169 g/mol. The molecule has 0 bridgehead atoms. The van der Waals surface area contributed by atoms with Crippen molar-refractivity contribution in [2.75, 3.05) is 0 Å². The van der Waals surface area contributed by atoms with E-state index in [0.717, 1.165) is 17.9 Å². The Kier molecular flexibility index (Phi) is 5.43. The number of aryl methyl sites for hydroxylation is 1. The van der Waals surface area contributed by atoms with Crippen molar-refractivity contribution < 1.29 is 4.52 Å². The van der Waals surface area contributed by atoms with Crippen LogP contribution in [0.3, 0.4) is 0 Å². The minimum atomic E-state index is 0.657. The SMILES string of the molecule is CC.Cc1cc(CC(C)C)no1. The summed E-state index contributed by atoms with van der Waals surface area (Å²) in [5.74, 6) is 1.56. The predicted octanol–water partition coefficient (Wildman–Crippen LogP) is 3.21. The van der Waals surface area contributed by atoms with E-state index in [0.29, 0.717) is 5.92 Å². The molecule has 1 heterocycles. The van der Waals surface area contributed by atoms with Gasteiger partial charge in [0.25, 0.3) is 0 Å². The van der Waals surface area contributed by atoms with Crippen molar-refractivity contribution in [3.05, 3.63) is 17.5 Å². The Bertz CT molecular complexity index is 203. The van der Waals surface area contributed by atoms with E-state index in [1.165, 1.54) is 0 Å². The van der Waals surface area contributed by atoms with Gasteiger partial charge in [0.1, 0.15) is 5.76 Å². The molecule has 0 atom stereocenters. The molecule has 0 saturated heterocycles.